The van der Waals surface area contributed by atoms with Crippen LogP contribution in [-0.4, -0.2) is 19.3 Å². The standard InChI is InChI=1S/C8H11FO2/c1-7(9)5-3-4-6-8(10)11-2/h3-7H,1-2H3/b5-3+,6-4+/t7-/m0/s1. The van der Waals surface area contributed by atoms with E-state index < -0.39 is 12.1 Å². The molecule has 0 unspecified atom stereocenters. The van der Waals surface area contributed by atoms with Gasteiger partial charge in [0.2, 0.25) is 0 Å². The van der Waals surface area contributed by atoms with E-state index in [1.54, 1.807) is 0 Å². The van der Waals surface area contributed by atoms with Gasteiger partial charge in [-0.05, 0) is 6.92 Å². The SMILES string of the molecule is COC(=O)/C=C/C=C/[C@H](C)F. The molecule has 3 heteroatoms. The Balaban J connectivity index is 3.68. The molecule has 0 N–H and O–H groups in total. The lowest BCUT2D eigenvalue weighted by Gasteiger charge is -1.87. The molecule has 0 rings (SSSR count). The molecule has 0 aliphatic rings. The number of halogens is 1. The second kappa shape index (κ2) is 5.65. The molecule has 0 aliphatic carbocycles. The highest BCUT2D eigenvalue weighted by Crippen LogP contribution is 1.90. The number of hydrogen-bond acceptors (Lipinski definition) is 2. The molecule has 0 spiro atoms. The van der Waals surface area contributed by atoms with Crippen LogP contribution in [0.1, 0.15) is 6.92 Å². The molecule has 0 saturated heterocycles. The predicted octanol–water partition coefficient (Wildman–Crippen LogP) is 1.63. The summed E-state index contributed by atoms with van der Waals surface area (Å²) in [5, 5.41) is 0. The van der Waals surface area contributed by atoms with Crippen LogP contribution in [0.2, 0.25) is 0 Å². The number of hydrogen-bond donors (Lipinski definition) is 0. The quantitative estimate of drug-likeness (QED) is 0.354. The zero-order chi connectivity index (χ0) is 8.69. The molecule has 0 aliphatic heterocycles. The Labute approximate surface area is 65.4 Å². The molecule has 0 radical (unpaired) electrons. The van der Waals surface area contributed by atoms with Crippen molar-refractivity contribution in [3.05, 3.63) is 24.3 Å². The number of esters is 1. The number of methoxy groups -OCH3 is 1. The maximum atomic E-state index is 12.1. The summed E-state index contributed by atoms with van der Waals surface area (Å²) in [5.74, 6) is -0.443. The summed E-state index contributed by atoms with van der Waals surface area (Å²) in [6, 6.07) is 0. The Bertz CT molecular complexity index is 171. The molecule has 0 aromatic rings. The molecular weight excluding hydrogens is 147 g/mol. The zero-order valence-corrected chi connectivity index (χ0v) is 6.58. The molecule has 0 amide bonds. The smallest absolute Gasteiger partial charge is 0.330 e. The Morgan fingerprint density at radius 3 is 2.64 bits per heavy atom. The average molecular weight is 158 g/mol. The minimum absolute atomic E-state index is 0.443. The van der Waals surface area contributed by atoms with E-state index in [0.29, 0.717) is 0 Å². The van der Waals surface area contributed by atoms with Gasteiger partial charge in [-0.2, -0.15) is 0 Å². The van der Waals surface area contributed by atoms with Crippen LogP contribution >= 0.6 is 0 Å². The predicted molar refractivity (Wildman–Crippen MR) is 40.9 cm³/mol. The second-order valence-corrected chi connectivity index (χ2v) is 1.94. The minimum Gasteiger partial charge on any atom is -0.466 e. The van der Waals surface area contributed by atoms with Gasteiger partial charge in [0.05, 0.1) is 7.11 Å². The number of alkyl halides is 1. The Hall–Kier alpha value is -1.12. The summed E-state index contributed by atoms with van der Waals surface area (Å²) >= 11 is 0. The summed E-state index contributed by atoms with van der Waals surface area (Å²) in [6.07, 6.45) is 4.46. The van der Waals surface area contributed by atoms with E-state index in [-0.39, 0.29) is 0 Å². The Kier molecular flexibility index (Phi) is 5.07. The van der Waals surface area contributed by atoms with Crippen LogP contribution in [0.4, 0.5) is 4.39 Å². The van der Waals surface area contributed by atoms with Crippen LogP contribution in [0, 0.1) is 0 Å². The highest BCUT2D eigenvalue weighted by Gasteiger charge is 1.88. The molecule has 0 saturated carbocycles. The highest BCUT2D eigenvalue weighted by atomic mass is 19.1. The van der Waals surface area contributed by atoms with E-state index in [2.05, 4.69) is 4.74 Å². The van der Waals surface area contributed by atoms with Gasteiger partial charge in [0, 0.05) is 6.08 Å². The fourth-order valence-corrected chi connectivity index (χ4v) is 0.419. The van der Waals surface area contributed by atoms with Crippen molar-refractivity contribution < 1.29 is 13.9 Å². The Morgan fingerprint density at radius 2 is 2.18 bits per heavy atom. The van der Waals surface area contributed by atoms with Crippen molar-refractivity contribution in [3.8, 4) is 0 Å². The number of ether oxygens (including phenoxy) is 1. The molecule has 62 valence electrons. The van der Waals surface area contributed by atoms with Crippen LogP contribution in [0.15, 0.2) is 24.3 Å². The molecule has 11 heavy (non-hydrogen) atoms. The zero-order valence-electron chi connectivity index (χ0n) is 6.58. The van der Waals surface area contributed by atoms with Crippen molar-refractivity contribution in [2.75, 3.05) is 7.11 Å². The highest BCUT2D eigenvalue weighted by molar-refractivity contribution is 5.82. The molecule has 0 fully saturated rings. The van der Waals surface area contributed by atoms with E-state index in [1.807, 2.05) is 0 Å². The van der Waals surface area contributed by atoms with Crippen molar-refractivity contribution in [1.29, 1.82) is 0 Å². The average Bonchev–Trinajstić information content (AvgIpc) is 1.97. The van der Waals surface area contributed by atoms with E-state index >= 15 is 0 Å². The third-order valence-corrected chi connectivity index (χ3v) is 0.921. The monoisotopic (exact) mass is 158 g/mol. The first-order valence-corrected chi connectivity index (χ1v) is 3.23. The molecular formula is C8H11FO2. The molecule has 0 heterocycles. The van der Waals surface area contributed by atoms with E-state index in [0.717, 1.165) is 0 Å². The van der Waals surface area contributed by atoms with Gasteiger partial charge in [0.1, 0.15) is 6.17 Å². The van der Waals surface area contributed by atoms with Gasteiger partial charge in [0.15, 0.2) is 0 Å². The molecule has 2 nitrogen and oxygen atoms in total. The van der Waals surface area contributed by atoms with Crippen LogP contribution in [0.3, 0.4) is 0 Å². The molecule has 0 aromatic heterocycles. The lowest BCUT2D eigenvalue weighted by atomic mass is 10.3. The van der Waals surface area contributed by atoms with Gasteiger partial charge in [0.25, 0.3) is 0 Å². The summed E-state index contributed by atoms with van der Waals surface area (Å²) in [6.45, 7) is 1.41. The summed E-state index contributed by atoms with van der Waals surface area (Å²) in [5.41, 5.74) is 0. The summed E-state index contributed by atoms with van der Waals surface area (Å²) in [7, 11) is 1.29. The Morgan fingerprint density at radius 1 is 1.55 bits per heavy atom. The topological polar surface area (TPSA) is 26.3 Å². The lowest BCUT2D eigenvalue weighted by molar-refractivity contribution is -0.134. The summed E-state index contributed by atoms with van der Waals surface area (Å²) in [4.78, 5) is 10.4. The maximum absolute atomic E-state index is 12.1. The number of carbonyl (C=O) groups is 1. The van der Waals surface area contributed by atoms with Crippen molar-refractivity contribution >= 4 is 5.97 Å². The van der Waals surface area contributed by atoms with E-state index in [4.69, 9.17) is 0 Å². The first-order chi connectivity index (χ1) is 5.16. The molecule has 0 aromatic carbocycles. The number of allylic oxidation sites excluding steroid dienone is 3. The van der Waals surface area contributed by atoms with Crippen molar-refractivity contribution in [2.45, 2.75) is 13.1 Å². The fraction of sp³-hybridized carbons (Fsp3) is 0.375. The molecule has 1 atom stereocenters. The van der Waals surface area contributed by atoms with Crippen molar-refractivity contribution in [1.82, 2.24) is 0 Å². The van der Waals surface area contributed by atoms with Crippen LogP contribution in [-0.2, 0) is 9.53 Å². The van der Waals surface area contributed by atoms with E-state index in [9.17, 15) is 9.18 Å². The van der Waals surface area contributed by atoms with Gasteiger partial charge in [-0.15, -0.1) is 0 Å². The van der Waals surface area contributed by atoms with Gasteiger partial charge in [-0.3, -0.25) is 0 Å². The first kappa shape index (κ1) is 9.88. The van der Waals surface area contributed by atoms with Crippen LogP contribution in [0.5, 0.6) is 0 Å². The maximum Gasteiger partial charge on any atom is 0.330 e. The first-order valence-electron chi connectivity index (χ1n) is 3.23. The summed E-state index contributed by atoms with van der Waals surface area (Å²) < 4.78 is 16.4. The minimum atomic E-state index is -0.989. The third kappa shape index (κ3) is 6.77. The van der Waals surface area contributed by atoms with Gasteiger partial charge < -0.3 is 4.74 Å². The third-order valence-electron chi connectivity index (χ3n) is 0.921. The van der Waals surface area contributed by atoms with Crippen LogP contribution < -0.4 is 0 Å². The second-order valence-electron chi connectivity index (χ2n) is 1.94. The van der Waals surface area contributed by atoms with Gasteiger partial charge in [-0.25, -0.2) is 9.18 Å². The fourth-order valence-electron chi connectivity index (χ4n) is 0.419. The normalized spacial score (nSPS) is 14.1. The number of carbonyl (C=O) groups excluding carboxylic acids is 1. The largest absolute Gasteiger partial charge is 0.466 e. The van der Waals surface area contributed by atoms with Crippen LogP contribution in [0.25, 0.3) is 0 Å². The van der Waals surface area contributed by atoms with Gasteiger partial charge >= 0.3 is 5.97 Å². The van der Waals surface area contributed by atoms with Gasteiger partial charge in [-0.1, -0.05) is 18.2 Å². The van der Waals surface area contributed by atoms with Crippen molar-refractivity contribution in [2.24, 2.45) is 0 Å². The van der Waals surface area contributed by atoms with Crippen molar-refractivity contribution in [3.63, 3.8) is 0 Å². The van der Waals surface area contributed by atoms with E-state index in [1.165, 1.54) is 38.3 Å². The number of rotatable bonds is 3. The molecule has 0 bridgehead atoms. The lowest BCUT2D eigenvalue weighted by Crippen LogP contribution is -1.92.